The molecular weight excluding hydrogens is 447 g/mol. The van der Waals surface area contributed by atoms with Crippen molar-refractivity contribution >= 4 is 10.0 Å². The standard InChI is InChI=1S/C19H41N2O2S.HI/c1-4-5-6-7-8-9-10-11-12-13-19-24(22,23)20-15-14-17-21(2,3)18-16-20;/h4-19H2,1-3H3;1H/q+1;/p-1. The van der Waals surface area contributed by atoms with Crippen LogP contribution in [0.5, 0.6) is 0 Å². The lowest BCUT2D eigenvalue weighted by Gasteiger charge is -2.27. The van der Waals surface area contributed by atoms with Crippen LogP contribution in [-0.4, -0.2) is 63.2 Å². The maximum Gasteiger partial charge on any atom is 0.214 e. The number of unbranched alkanes of at least 4 members (excludes halogenated alkanes) is 9. The Balaban J connectivity index is 0.00000576. The summed E-state index contributed by atoms with van der Waals surface area (Å²) < 4.78 is 27.7. The predicted octanol–water partition coefficient (Wildman–Crippen LogP) is 1.02. The van der Waals surface area contributed by atoms with Gasteiger partial charge in [0.25, 0.3) is 0 Å². The first-order valence-corrected chi connectivity index (χ1v) is 11.8. The Morgan fingerprint density at radius 1 is 0.800 bits per heavy atom. The van der Waals surface area contributed by atoms with Crippen LogP contribution in [0.2, 0.25) is 0 Å². The van der Waals surface area contributed by atoms with E-state index in [9.17, 15) is 8.42 Å². The van der Waals surface area contributed by atoms with Crippen molar-refractivity contribution in [2.24, 2.45) is 0 Å². The van der Waals surface area contributed by atoms with Crippen molar-refractivity contribution in [2.45, 2.75) is 77.6 Å². The molecule has 6 heteroatoms. The Morgan fingerprint density at radius 3 is 1.88 bits per heavy atom. The van der Waals surface area contributed by atoms with Gasteiger partial charge in [0.1, 0.15) is 0 Å². The molecular formula is C19H41IN2O2S. The average Bonchev–Trinajstić information content (AvgIpc) is 2.70. The van der Waals surface area contributed by atoms with Crippen LogP contribution in [0, 0.1) is 0 Å². The SMILES string of the molecule is CCCCCCCCCCCCS(=O)(=O)N1CCC[N+](C)(C)CC1.[I-]. The Bertz CT molecular complexity index is 427. The Hall–Kier alpha value is 0.600. The van der Waals surface area contributed by atoms with E-state index in [1.54, 1.807) is 4.31 Å². The van der Waals surface area contributed by atoms with E-state index < -0.39 is 10.0 Å². The lowest BCUT2D eigenvalue weighted by atomic mass is 10.1. The number of hydrogen-bond acceptors (Lipinski definition) is 2. The second-order valence-corrected chi connectivity index (χ2v) is 10.2. The molecule has 1 fully saturated rings. The Morgan fingerprint density at radius 2 is 1.32 bits per heavy atom. The van der Waals surface area contributed by atoms with Gasteiger partial charge < -0.3 is 28.5 Å². The topological polar surface area (TPSA) is 37.4 Å². The van der Waals surface area contributed by atoms with Crippen molar-refractivity contribution in [2.75, 3.05) is 46.0 Å². The highest BCUT2D eigenvalue weighted by molar-refractivity contribution is 7.89. The molecule has 152 valence electrons. The Kier molecular flexibility index (Phi) is 14.1. The van der Waals surface area contributed by atoms with E-state index in [-0.39, 0.29) is 24.0 Å². The van der Waals surface area contributed by atoms with Crippen molar-refractivity contribution in [3.63, 3.8) is 0 Å². The predicted molar refractivity (Wildman–Crippen MR) is 104 cm³/mol. The third kappa shape index (κ3) is 11.8. The smallest absolute Gasteiger partial charge is 0.214 e. The molecule has 0 spiro atoms. The van der Waals surface area contributed by atoms with Crippen molar-refractivity contribution < 1.29 is 36.9 Å². The molecule has 4 nitrogen and oxygen atoms in total. The minimum absolute atomic E-state index is 0. The van der Waals surface area contributed by atoms with E-state index in [1.165, 1.54) is 51.4 Å². The first-order chi connectivity index (χ1) is 11.4. The van der Waals surface area contributed by atoms with Gasteiger partial charge in [-0.2, -0.15) is 4.31 Å². The molecule has 0 aliphatic carbocycles. The monoisotopic (exact) mass is 488 g/mol. The molecule has 0 amide bonds. The van der Waals surface area contributed by atoms with Crippen molar-refractivity contribution in [1.29, 1.82) is 0 Å². The van der Waals surface area contributed by atoms with Gasteiger partial charge >= 0.3 is 0 Å². The summed E-state index contributed by atoms with van der Waals surface area (Å²) in [5.41, 5.74) is 0. The van der Waals surface area contributed by atoms with E-state index in [0.29, 0.717) is 18.8 Å². The largest absolute Gasteiger partial charge is 1.00 e. The van der Waals surface area contributed by atoms with Crippen LogP contribution in [0.4, 0.5) is 0 Å². The number of sulfonamides is 1. The van der Waals surface area contributed by atoms with E-state index in [1.807, 2.05) is 0 Å². The molecule has 1 heterocycles. The second-order valence-electron chi connectivity index (χ2n) is 8.13. The molecule has 0 saturated carbocycles. The lowest BCUT2D eigenvalue weighted by molar-refractivity contribution is -0.888. The number of halogens is 1. The number of hydrogen-bond donors (Lipinski definition) is 0. The first kappa shape index (κ1) is 25.6. The molecule has 0 unspecified atom stereocenters. The summed E-state index contributed by atoms with van der Waals surface area (Å²) in [7, 11) is 1.34. The third-order valence-electron chi connectivity index (χ3n) is 5.27. The third-order valence-corrected chi connectivity index (χ3v) is 7.23. The van der Waals surface area contributed by atoms with E-state index in [4.69, 9.17) is 0 Å². The molecule has 0 bridgehead atoms. The highest BCUT2D eigenvalue weighted by Gasteiger charge is 2.28. The summed E-state index contributed by atoms with van der Waals surface area (Å²) in [4.78, 5) is 0. The zero-order chi connectivity index (χ0) is 17.9. The van der Waals surface area contributed by atoms with Gasteiger partial charge in [0.05, 0.1) is 39.5 Å². The van der Waals surface area contributed by atoms with Crippen LogP contribution in [0.3, 0.4) is 0 Å². The molecule has 0 atom stereocenters. The fourth-order valence-corrected chi connectivity index (χ4v) is 5.05. The minimum atomic E-state index is -3.04. The molecule has 0 aromatic heterocycles. The van der Waals surface area contributed by atoms with Crippen LogP contribution >= 0.6 is 0 Å². The summed E-state index contributed by atoms with van der Waals surface area (Å²) in [6, 6.07) is 0. The molecule has 1 saturated heterocycles. The number of rotatable bonds is 12. The summed E-state index contributed by atoms with van der Waals surface area (Å²) in [5, 5.41) is 0. The molecule has 0 radical (unpaired) electrons. The second kappa shape index (κ2) is 13.7. The fraction of sp³-hybridized carbons (Fsp3) is 1.00. The Labute approximate surface area is 174 Å². The lowest BCUT2D eigenvalue weighted by Crippen LogP contribution is -3.00. The van der Waals surface area contributed by atoms with Crippen molar-refractivity contribution in [1.82, 2.24) is 4.31 Å². The molecule has 0 aromatic carbocycles. The normalized spacial score (nSPS) is 18.5. The van der Waals surface area contributed by atoms with E-state index in [0.717, 1.165) is 36.8 Å². The zero-order valence-electron chi connectivity index (χ0n) is 16.8. The minimum Gasteiger partial charge on any atom is -1.00 e. The number of likely N-dealkylation sites (N-methyl/N-ethyl adjacent to an activating group) is 1. The van der Waals surface area contributed by atoms with Crippen LogP contribution in [0.25, 0.3) is 0 Å². The summed E-state index contributed by atoms with van der Waals surface area (Å²) in [5.74, 6) is 0.344. The van der Waals surface area contributed by atoms with Crippen molar-refractivity contribution in [3.8, 4) is 0 Å². The van der Waals surface area contributed by atoms with Gasteiger partial charge in [-0.1, -0.05) is 64.7 Å². The molecule has 1 aliphatic heterocycles. The maximum absolute atomic E-state index is 12.5. The molecule has 25 heavy (non-hydrogen) atoms. The highest BCUT2D eigenvalue weighted by Crippen LogP contribution is 2.15. The van der Waals surface area contributed by atoms with E-state index >= 15 is 0 Å². The van der Waals surface area contributed by atoms with Gasteiger partial charge in [0, 0.05) is 13.0 Å². The van der Waals surface area contributed by atoms with Gasteiger partial charge in [-0.05, 0) is 6.42 Å². The van der Waals surface area contributed by atoms with Crippen LogP contribution < -0.4 is 24.0 Å². The van der Waals surface area contributed by atoms with Crippen molar-refractivity contribution in [3.05, 3.63) is 0 Å². The number of quaternary nitrogens is 1. The van der Waals surface area contributed by atoms with Gasteiger partial charge in [-0.25, -0.2) is 8.42 Å². The van der Waals surface area contributed by atoms with Crippen LogP contribution in [0.1, 0.15) is 77.6 Å². The highest BCUT2D eigenvalue weighted by atomic mass is 127. The van der Waals surface area contributed by atoms with E-state index in [2.05, 4.69) is 21.0 Å². The van der Waals surface area contributed by atoms with Gasteiger partial charge in [-0.15, -0.1) is 0 Å². The molecule has 1 aliphatic rings. The quantitative estimate of drug-likeness (QED) is 0.234. The summed E-state index contributed by atoms with van der Waals surface area (Å²) in [6.45, 7) is 5.65. The summed E-state index contributed by atoms with van der Waals surface area (Å²) in [6.07, 6.45) is 13.4. The fourth-order valence-electron chi connectivity index (χ4n) is 3.46. The van der Waals surface area contributed by atoms with Crippen LogP contribution in [-0.2, 0) is 10.0 Å². The zero-order valence-corrected chi connectivity index (χ0v) is 19.8. The van der Waals surface area contributed by atoms with Crippen LogP contribution in [0.15, 0.2) is 0 Å². The number of nitrogens with zero attached hydrogens (tertiary/aromatic N) is 2. The van der Waals surface area contributed by atoms with Gasteiger partial charge in [0.2, 0.25) is 10.0 Å². The molecule has 0 aromatic rings. The molecule has 1 rings (SSSR count). The summed E-state index contributed by atoms with van der Waals surface area (Å²) >= 11 is 0. The first-order valence-electron chi connectivity index (χ1n) is 10.2. The molecule has 0 N–H and O–H groups in total. The van der Waals surface area contributed by atoms with Gasteiger partial charge in [-0.3, -0.25) is 0 Å². The average molecular weight is 489 g/mol. The van der Waals surface area contributed by atoms with Gasteiger partial charge in [0.15, 0.2) is 0 Å². The maximum atomic E-state index is 12.5.